The number of rotatable bonds is 5. The molecule has 1 aliphatic carbocycles. The fourth-order valence-electron chi connectivity index (χ4n) is 5.15. The number of sulfone groups is 1. The molecule has 0 radical (unpaired) electrons. The fourth-order valence-corrected chi connectivity index (χ4v) is 6.49. The van der Waals surface area contributed by atoms with Gasteiger partial charge in [-0.2, -0.15) is 0 Å². The number of carbonyl (C=O) groups excluding carboxylic acids is 1. The number of hydrogen-bond acceptors (Lipinski definition) is 3. The van der Waals surface area contributed by atoms with E-state index < -0.39 is 15.7 Å². The second kappa shape index (κ2) is 8.60. The standard InChI is InChI=1S/C26H29FN2O3S/c1-28-16-24(19-11-13-29(14-12-19)26(30)20-3-2-4-20)23-15-18(5-10-25(23)28)17-33(31,32)22-8-6-21(27)7-9-22/h5-10,15-16,19-20H,2-4,11-14,17H2,1H3. The third kappa shape index (κ3) is 4.31. The molecule has 1 amide bonds. The molecule has 0 spiro atoms. The summed E-state index contributed by atoms with van der Waals surface area (Å²) in [5.41, 5.74) is 3.02. The van der Waals surface area contributed by atoms with Crippen molar-refractivity contribution in [3.63, 3.8) is 0 Å². The van der Waals surface area contributed by atoms with Crippen LogP contribution in [-0.2, 0) is 27.4 Å². The van der Waals surface area contributed by atoms with Gasteiger partial charge in [0, 0.05) is 43.2 Å². The topological polar surface area (TPSA) is 59.4 Å². The zero-order chi connectivity index (χ0) is 23.2. The van der Waals surface area contributed by atoms with E-state index in [0.717, 1.165) is 55.2 Å². The molecular weight excluding hydrogens is 439 g/mol. The van der Waals surface area contributed by atoms with Crippen molar-refractivity contribution in [3.05, 3.63) is 65.6 Å². The average molecular weight is 469 g/mol. The van der Waals surface area contributed by atoms with E-state index in [4.69, 9.17) is 0 Å². The van der Waals surface area contributed by atoms with Gasteiger partial charge in [0.1, 0.15) is 5.82 Å². The molecule has 1 aromatic heterocycles. The molecule has 1 aliphatic heterocycles. The number of aryl methyl sites for hydroxylation is 1. The van der Waals surface area contributed by atoms with E-state index >= 15 is 0 Å². The van der Waals surface area contributed by atoms with Crippen molar-refractivity contribution in [2.24, 2.45) is 13.0 Å². The summed E-state index contributed by atoms with van der Waals surface area (Å²) >= 11 is 0. The van der Waals surface area contributed by atoms with E-state index in [1.807, 2.05) is 30.1 Å². The Morgan fingerprint density at radius 1 is 1.03 bits per heavy atom. The van der Waals surface area contributed by atoms with Crippen molar-refractivity contribution in [3.8, 4) is 0 Å². The maximum atomic E-state index is 13.2. The van der Waals surface area contributed by atoms with E-state index in [1.165, 1.54) is 36.2 Å². The van der Waals surface area contributed by atoms with Crippen molar-refractivity contribution < 1.29 is 17.6 Å². The second-order valence-corrected chi connectivity index (χ2v) is 11.5. The van der Waals surface area contributed by atoms with Crippen LogP contribution in [0.15, 0.2) is 53.6 Å². The van der Waals surface area contributed by atoms with Crippen LogP contribution in [0, 0.1) is 11.7 Å². The fraction of sp³-hybridized carbons (Fsp3) is 0.423. The Hall–Kier alpha value is -2.67. The molecular formula is C26H29FN2O3S. The van der Waals surface area contributed by atoms with Gasteiger partial charge in [-0.3, -0.25) is 4.79 Å². The highest BCUT2D eigenvalue weighted by Gasteiger charge is 2.32. The van der Waals surface area contributed by atoms with Crippen LogP contribution in [0.25, 0.3) is 10.9 Å². The Kier molecular flexibility index (Phi) is 5.77. The highest BCUT2D eigenvalue weighted by atomic mass is 32.2. The maximum absolute atomic E-state index is 13.2. The summed E-state index contributed by atoms with van der Waals surface area (Å²) in [7, 11) is -1.56. The van der Waals surface area contributed by atoms with Gasteiger partial charge in [-0.05, 0) is 79.1 Å². The molecule has 0 N–H and O–H groups in total. The first-order valence-corrected chi connectivity index (χ1v) is 13.3. The lowest BCUT2D eigenvalue weighted by Crippen LogP contribution is -2.43. The van der Waals surface area contributed by atoms with Crippen molar-refractivity contribution in [1.82, 2.24) is 9.47 Å². The van der Waals surface area contributed by atoms with E-state index in [9.17, 15) is 17.6 Å². The van der Waals surface area contributed by atoms with Crippen LogP contribution in [0.2, 0.25) is 0 Å². The lowest BCUT2D eigenvalue weighted by atomic mass is 9.83. The lowest BCUT2D eigenvalue weighted by Gasteiger charge is -2.36. The number of piperidine rings is 1. The molecule has 3 aromatic rings. The van der Waals surface area contributed by atoms with Gasteiger partial charge in [-0.1, -0.05) is 12.5 Å². The Balaban J connectivity index is 1.36. The van der Waals surface area contributed by atoms with Crippen LogP contribution >= 0.6 is 0 Å². The van der Waals surface area contributed by atoms with Gasteiger partial charge in [-0.15, -0.1) is 0 Å². The highest BCUT2D eigenvalue weighted by Crippen LogP contribution is 2.36. The van der Waals surface area contributed by atoms with Gasteiger partial charge in [0.25, 0.3) is 0 Å². The monoisotopic (exact) mass is 468 g/mol. The Morgan fingerprint density at radius 2 is 1.73 bits per heavy atom. The van der Waals surface area contributed by atoms with Crippen molar-refractivity contribution >= 4 is 26.6 Å². The predicted molar refractivity (Wildman–Crippen MR) is 126 cm³/mol. The second-order valence-electron chi connectivity index (χ2n) is 9.49. The normalized spacial score (nSPS) is 17.9. The van der Waals surface area contributed by atoms with Gasteiger partial charge in [0.2, 0.25) is 5.91 Å². The molecule has 2 aromatic carbocycles. The van der Waals surface area contributed by atoms with Gasteiger partial charge in [0.15, 0.2) is 9.84 Å². The Bertz CT molecular complexity index is 1290. The van der Waals surface area contributed by atoms with Crippen molar-refractivity contribution in [2.45, 2.75) is 48.7 Å². The molecule has 1 saturated heterocycles. The molecule has 7 heteroatoms. The van der Waals surface area contributed by atoms with E-state index in [1.54, 1.807) is 0 Å². The summed E-state index contributed by atoms with van der Waals surface area (Å²) in [5, 5.41) is 1.08. The Morgan fingerprint density at radius 3 is 2.36 bits per heavy atom. The molecule has 2 aliphatic rings. The molecule has 0 atom stereocenters. The number of hydrogen-bond donors (Lipinski definition) is 0. The number of fused-ring (bicyclic) bond motifs is 1. The number of likely N-dealkylation sites (tertiary alicyclic amines) is 1. The van der Waals surface area contributed by atoms with Crippen LogP contribution < -0.4 is 0 Å². The van der Waals surface area contributed by atoms with Crippen LogP contribution in [-0.4, -0.2) is 36.9 Å². The Labute approximate surface area is 194 Å². The van der Waals surface area contributed by atoms with Crippen LogP contribution in [0.4, 0.5) is 4.39 Å². The third-order valence-electron chi connectivity index (χ3n) is 7.32. The molecule has 0 unspecified atom stereocenters. The maximum Gasteiger partial charge on any atom is 0.225 e. The number of aromatic nitrogens is 1. The van der Waals surface area contributed by atoms with Crippen LogP contribution in [0.1, 0.15) is 49.1 Å². The predicted octanol–water partition coefficient (Wildman–Crippen LogP) is 4.80. The zero-order valence-corrected chi connectivity index (χ0v) is 19.7. The minimum Gasteiger partial charge on any atom is -0.350 e. The van der Waals surface area contributed by atoms with Crippen LogP contribution in [0.5, 0.6) is 0 Å². The smallest absolute Gasteiger partial charge is 0.225 e. The van der Waals surface area contributed by atoms with Gasteiger partial charge in [-0.25, -0.2) is 12.8 Å². The first-order valence-electron chi connectivity index (χ1n) is 11.7. The largest absolute Gasteiger partial charge is 0.350 e. The van der Waals surface area contributed by atoms with E-state index in [0.29, 0.717) is 11.8 Å². The molecule has 174 valence electrons. The summed E-state index contributed by atoms with van der Waals surface area (Å²) in [6.07, 6.45) is 7.24. The summed E-state index contributed by atoms with van der Waals surface area (Å²) in [5.74, 6) is 0.334. The minimum atomic E-state index is -3.57. The molecule has 33 heavy (non-hydrogen) atoms. The summed E-state index contributed by atoms with van der Waals surface area (Å²) in [6, 6.07) is 10.8. The summed E-state index contributed by atoms with van der Waals surface area (Å²) in [6.45, 7) is 1.57. The number of carbonyl (C=O) groups is 1. The summed E-state index contributed by atoms with van der Waals surface area (Å²) in [4.78, 5) is 14.8. The van der Waals surface area contributed by atoms with E-state index in [-0.39, 0.29) is 16.6 Å². The number of amides is 1. The quantitative estimate of drug-likeness (QED) is 0.506. The highest BCUT2D eigenvalue weighted by molar-refractivity contribution is 7.90. The average Bonchev–Trinajstić information content (AvgIpc) is 3.08. The van der Waals surface area contributed by atoms with Gasteiger partial charge < -0.3 is 9.47 Å². The lowest BCUT2D eigenvalue weighted by molar-refractivity contribution is -0.139. The van der Waals surface area contributed by atoms with Crippen molar-refractivity contribution in [1.29, 1.82) is 0 Å². The first kappa shape index (κ1) is 22.1. The van der Waals surface area contributed by atoms with E-state index in [2.05, 4.69) is 10.8 Å². The van der Waals surface area contributed by atoms with Gasteiger partial charge >= 0.3 is 0 Å². The third-order valence-corrected chi connectivity index (χ3v) is 9.02. The first-order chi connectivity index (χ1) is 15.8. The number of nitrogens with zero attached hydrogens (tertiary/aromatic N) is 2. The number of benzene rings is 2. The molecule has 2 fully saturated rings. The van der Waals surface area contributed by atoms with Crippen LogP contribution in [0.3, 0.4) is 0 Å². The molecule has 1 saturated carbocycles. The zero-order valence-electron chi connectivity index (χ0n) is 18.8. The molecule has 5 nitrogen and oxygen atoms in total. The van der Waals surface area contributed by atoms with Gasteiger partial charge in [0.05, 0.1) is 10.6 Å². The SMILES string of the molecule is Cn1cc(C2CCN(C(=O)C3CCC3)CC2)c2cc(CS(=O)(=O)c3ccc(F)cc3)ccc21. The van der Waals surface area contributed by atoms with Crippen molar-refractivity contribution in [2.75, 3.05) is 13.1 Å². The minimum absolute atomic E-state index is 0.126. The summed E-state index contributed by atoms with van der Waals surface area (Å²) < 4.78 is 41.0. The molecule has 0 bridgehead atoms. The number of halogens is 1. The molecule has 5 rings (SSSR count). The molecule has 2 heterocycles.